The number of hydrogen-bond donors (Lipinski definition) is 2. The molecule has 2 N–H and O–H groups in total. The Morgan fingerprint density at radius 3 is 2.75 bits per heavy atom. The van der Waals surface area contributed by atoms with E-state index in [0.29, 0.717) is 5.92 Å². The maximum atomic E-state index is 4.65. The number of rotatable bonds is 8. The molecule has 0 aliphatic heterocycles. The minimum atomic E-state index is 0.523. The Kier molecular flexibility index (Phi) is 8.26. The molecule has 0 unspecified atom stereocenters. The normalized spacial score (nSPS) is 11.9. The molecule has 114 valence electrons. The van der Waals surface area contributed by atoms with E-state index in [4.69, 9.17) is 0 Å². The summed E-state index contributed by atoms with van der Waals surface area (Å²) >= 11 is 1.76. The van der Waals surface area contributed by atoms with Gasteiger partial charge in [0.2, 0.25) is 0 Å². The minimum Gasteiger partial charge on any atom is -0.357 e. The quantitative estimate of drug-likeness (QED) is 0.440. The molecule has 4 nitrogen and oxygen atoms in total. The van der Waals surface area contributed by atoms with E-state index in [2.05, 4.69) is 53.7 Å². The number of aromatic nitrogens is 1. The lowest BCUT2D eigenvalue weighted by Gasteiger charge is -2.10. The molecule has 0 saturated heterocycles. The van der Waals surface area contributed by atoms with Crippen molar-refractivity contribution in [3.8, 4) is 0 Å². The van der Waals surface area contributed by atoms with Crippen LogP contribution in [-0.4, -0.2) is 30.6 Å². The fourth-order valence-electron chi connectivity index (χ4n) is 1.70. The van der Waals surface area contributed by atoms with Crippen LogP contribution in [0, 0.1) is 0 Å². The maximum Gasteiger partial charge on any atom is 0.191 e. The molecular weight excluding hydrogens is 268 g/mol. The molecular formula is C15H28N4S. The number of nitrogens with one attached hydrogen (secondary N) is 2. The smallest absolute Gasteiger partial charge is 0.191 e. The van der Waals surface area contributed by atoms with Gasteiger partial charge in [-0.2, -0.15) is 0 Å². The highest BCUT2D eigenvalue weighted by molar-refractivity contribution is 7.09. The first kappa shape index (κ1) is 17.0. The average Bonchev–Trinajstić information content (AvgIpc) is 2.88. The lowest BCUT2D eigenvalue weighted by atomic mass is 10.2. The minimum absolute atomic E-state index is 0.523. The zero-order valence-electron chi connectivity index (χ0n) is 13.2. The summed E-state index contributed by atoms with van der Waals surface area (Å²) in [7, 11) is 0. The van der Waals surface area contributed by atoms with Crippen molar-refractivity contribution in [3.05, 3.63) is 16.1 Å². The molecule has 0 radical (unpaired) electrons. The molecule has 0 aromatic carbocycles. The van der Waals surface area contributed by atoms with Gasteiger partial charge in [-0.1, -0.05) is 27.2 Å². The van der Waals surface area contributed by atoms with Crippen LogP contribution in [0.3, 0.4) is 0 Å². The van der Waals surface area contributed by atoms with Crippen molar-refractivity contribution in [2.75, 3.05) is 19.6 Å². The van der Waals surface area contributed by atoms with Gasteiger partial charge in [0.15, 0.2) is 5.96 Å². The van der Waals surface area contributed by atoms with Crippen LogP contribution in [0.5, 0.6) is 0 Å². The Balaban J connectivity index is 2.37. The van der Waals surface area contributed by atoms with Gasteiger partial charge in [0.1, 0.15) is 0 Å². The summed E-state index contributed by atoms with van der Waals surface area (Å²) in [5, 5.41) is 10.0. The number of aliphatic imine (C=N–C) groups is 1. The standard InChI is InChI=1S/C15H28N4S/c1-5-7-9-17-15(16-6-2)18-10-8-13-11-20-14(19-13)12(3)4/h11-12H,5-10H2,1-4H3,(H2,16,17,18). The highest BCUT2D eigenvalue weighted by Crippen LogP contribution is 2.19. The predicted molar refractivity (Wildman–Crippen MR) is 88.8 cm³/mol. The lowest BCUT2D eigenvalue weighted by molar-refractivity contribution is 0.760. The number of thiazole rings is 1. The molecule has 0 spiro atoms. The SMILES string of the molecule is CCCCN=C(NCC)NCCc1csc(C(C)C)n1. The van der Waals surface area contributed by atoms with E-state index in [1.807, 2.05) is 0 Å². The summed E-state index contributed by atoms with van der Waals surface area (Å²) in [6.07, 6.45) is 3.27. The molecule has 0 atom stereocenters. The maximum absolute atomic E-state index is 4.65. The van der Waals surface area contributed by atoms with Crippen molar-refractivity contribution in [2.45, 2.75) is 52.9 Å². The number of nitrogens with zero attached hydrogens (tertiary/aromatic N) is 2. The lowest BCUT2D eigenvalue weighted by Crippen LogP contribution is -2.38. The van der Waals surface area contributed by atoms with Crippen LogP contribution in [0.1, 0.15) is 57.2 Å². The molecule has 1 heterocycles. The highest BCUT2D eigenvalue weighted by Gasteiger charge is 2.05. The van der Waals surface area contributed by atoms with E-state index in [-0.39, 0.29) is 0 Å². The first-order valence-corrected chi connectivity index (χ1v) is 8.51. The second-order valence-electron chi connectivity index (χ2n) is 5.12. The summed E-state index contributed by atoms with van der Waals surface area (Å²) in [6.45, 7) is 11.3. The molecule has 1 aromatic heterocycles. The summed E-state index contributed by atoms with van der Waals surface area (Å²) in [6, 6.07) is 0. The molecule has 1 aromatic rings. The van der Waals surface area contributed by atoms with Crippen LogP contribution < -0.4 is 10.6 Å². The predicted octanol–water partition coefficient (Wildman–Crippen LogP) is 3.16. The molecule has 0 aliphatic rings. The van der Waals surface area contributed by atoms with Crippen molar-refractivity contribution in [3.63, 3.8) is 0 Å². The van der Waals surface area contributed by atoms with Gasteiger partial charge in [0.25, 0.3) is 0 Å². The Labute approximate surface area is 127 Å². The van der Waals surface area contributed by atoms with Gasteiger partial charge in [-0.05, 0) is 13.3 Å². The van der Waals surface area contributed by atoms with Crippen LogP contribution >= 0.6 is 11.3 Å². The number of guanidine groups is 1. The fraction of sp³-hybridized carbons (Fsp3) is 0.733. The Morgan fingerprint density at radius 1 is 1.35 bits per heavy atom. The van der Waals surface area contributed by atoms with Crippen LogP contribution in [0.25, 0.3) is 0 Å². The molecule has 20 heavy (non-hydrogen) atoms. The number of hydrogen-bond acceptors (Lipinski definition) is 3. The van der Waals surface area contributed by atoms with Crippen molar-refractivity contribution in [1.29, 1.82) is 0 Å². The first-order valence-electron chi connectivity index (χ1n) is 7.63. The Hall–Kier alpha value is -1.10. The summed E-state index contributed by atoms with van der Waals surface area (Å²) in [5.41, 5.74) is 1.18. The van der Waals surface area contributed by atoms with E-state index in [0.717, 1.165) is 38.4 Å². The zero-order valence-corrected chi connectivity index (χ0v) is 14.0. The second-order valence-corrected chi connectivity index (χ2v) is 6.01. The summed E-state index contributed by atoms with van der Waals surface area (Å²) < 4.78 is 0. The van der Waals surface area contributed by atoms with E-state index in [1.54, 1.807) is 11.3 Å². The number of unbranched alkanes of at least 4 members (excludes halogenated alkanes) is 1. The molecule has 0 aliphatic carbocycles. The Morgan fingerprint density at radius 2 is 2.15 bits per heavy atom. The van der Waals surface area contributed by atoms with Crippen molar-refractivity contribution in [1.82, 2.24) is 15.6 Å². The van der Waals surface area contributed by atoms with E-state index < -0.39 is 0 Å². The van der Waals surface area contributed by atoms with Crippen LogP contribution in [0.15, 0.2) is 10.4 Å². The van der Waals surface area contributed by atoms with Gasteiger partial charge in [-0.25, -0.2) is 4.98 Å². The van der Waals surface area contributed by atoms with Gasteiger partial charge in [0.05, 0.1) is 10.7 Å². The Bertz CT molecular complexity index is 398. The molecule has 0 saturated carbocycles. The van der Waals surface area contributed by atoms with E-state index in [9.17, 15) is 0 Å². The largest absolute Gasteiger partial charge is 0.357 e. The van der Waals surface area contributed by atoms with E-state index in [1.165, 1.54) is 17.1 Å². The van der Waals surface area contributed by atoms with Gasteiger partial charge in [0, 0.05) is 37.4 Å². The molecule has 0 amide bonds. The third-order valence-corrected chi connectivity index (χ3v) is 4.06. The summed E-state index contributed by atoms with van der Waals surface area (Å²) in [5.74, 6) is 1.44. The molecule has 5 heteroatoms. The van der Waals surface area contributed by atoms with Crippen LogP contribution in [-0.2, 0) is 6.42 Å². The second kappa shape index (κ2) is 9.75. The van der Waals surface area contributed by atoms with E-state index >= 15 is 0 Å². The zero-order chi connectivity index (χ0) is 14.8. The van der Waals surface area contributed by atoms with Crippen LogP contribution in [0.4, 0.5) is 0 Å². The van der Waals surface area contributed by atoms with Gasteiger partial charge >= 0.3 is 0 Å². The van der Waals surface area contributed by atoms with Gasteiger partial charge in [-0.3, -0.25) is 4.99 Å². The topological polar surface area (TPSA) is 49.3 Å². The first-order chi connectivity index (χ1) is 9.67. The van der Waals surface area contributed by atoms with Gasteiger partial charge in [-0.15, -0.1) is 11.3 Å². The van der Waals surface area contributed by atoms with Crippen LogP contribution in [0.2, 0.25) is 0 Å². The van der Waals surface area contributed by atoms with Crippen molar-refractivity contribution >= 4 is 17.3 Å². The highest BCUT2D eigenvalue weighted by atomic mass is 32.1. The fourth-order valence-corrected chi connectivity index (χ4v) is 2.57. The van der Waals surface area contributed by atoms with Crippen molar-refractivity contribution < 1.29 is 0 Å². The summed E-state index contributed by atoms with van der Waals surface area (Å²) in [4.78, 5) is 9.19. The molecule has 1 rings (SSSR count). The van der Waals surface area contributed by atoms with Gasteiger partial charge < -0.3 is 10.6 Å². The molecule has 0 bridgehead atoms. The van der Waals surface area contributed by atoms with Crippen molar-refractivity contribution in [2.24, 2.45) is 4.99 Å². The third kappa shape index (κ3) is 6.37. The monoisotopic (exact) mass is 296 g/mol. The average molecular weight is 296 g/mol. The molecule has 0 fully saturated rings. The third-order valence-electron chi connectivity index (χ3n) is 2.86.